The molecule has 1 aromatic rings. The van der Waals surface area contributed by atoms with Gasteiger partial charge in [-0.1, -0.05) is 11.6 Å². The van der Waals surface area contributed by atoms with E-state index in [9.17, 15) is 4.79 Å². The maximum Gasteiger partial charge on any atom is 0.322 e. The Hall–Kier alpha value is -1.13. The summed E-state index contributed by atoms with van der Waals surface area (Å²) in [5.41, 5.74) is 7.50. The van der Waals surface area contributed by atoms with E-state index in [1.54, 1.807) is 12.3 Å². The summed E-state index contributed by atoms with van der Waals surface area (Å²) in [4.78, 5) is 15.0. The Morgan fingerprint density at radius 2 is 2.40 bits per heavy atom. The number of carbonyl (C=O) groups excluding carboxylic acids is 1. The second-order valence-electron chi connectivity index (χ2n) is 3.27. The van der Waals surface area contributed by atoms with Crippen molar-refractivity contribution in [3.63, 3.8) is 0 Å². The highest BCUT2D eigenvalue weighted by atomic mass is 35.5. The molecule has 0 unspecified atom stereocenters. The molecule has 0 aliphatic heterocycles. The third kappa shape index (κ3) is 3.18. The van der Waals surface area contributed by atoms with Gasteiger partial charge in [0.1, 0.15) is 11.2 Å². The monoisotopic (exact) mass is 228 g/mol. The first-order valence-electron chi connectivity index (χ1n) is 4.49. The number of carbonyl (C=O) groups is 1. The van der Waals surface area contributed by atoms with Crippen LogP contribution in [0.5, 0.6) is 0 Å². The summed E-state index contributed by atoms with van der Waals surface area (Å²) >= 11 is 5.71. The molecule has 0 saturated carbocycles. The predicted molar refractivity (Wildman–Crippen MR) is 57.7 cm³/mol. The second kappa shape index (κ2) is 5.09. The van der Waals surface area contributed by atoms with Crippen LogP contribution in [0.4, 0.5) is 0 Å². The van der Waals surface area contributed by atoms with Crippen molar-refractivity contribution in [1.82, 2.24) is 4.98 Å². The molecule has 2 N–H and O–H groups in total. The Labute approximate surface area is 93.4 Å². The number of aryl methyl sites for hydroxylation is 1. The molecule has 0 saturated heterocycles. The van der Waals surface area contributed by atoms with Gasteiger partial charge in [-0.15, -0.1) is 0 Å². The third-order valence-electron chi connectivity index (χ3n) is 2.13. The molecule has 0 bridgehead atoms. The Bertz CT molecular complexity index is 368. The zero-order chi connectivity index (χ0) is 11.4. The number of nitrogens with two attached hydrogens (primary N) is 1. The van der Waals surface area contributed by atoms with Crippen molar-refractivity contribution in [3.8, 4) is 0 Å². The molecule has 1 atom stereocenters. The van der Waals surface area contributed by atoms with Crippen LogP contribution in [0.15, 0.2) is 12.3 Å². The number of hydrogen-bond donors (Lipinski definition) is 1. The van der Waals surface area contributed by atoms with Gasteiger partial charge in [-0.2, -0.15) is 0 Å². The SMILES string of the molecule is COC(=O)[C@H](N)Cc1cnc(Cl)cc1C. The van der Waals surface area contributed by atoms with Gasteiger partial charge in [0.15, 0.2) is 0 Å². The van der Waals surface area contributed by atoms with E-state index in [2.05, 4.69) is 9.72 Å². The number of rotatable bonds is 3. The van der Waals surface area contributed by atoms with Gasteiger partial charge in [0.25, 0.3) is 0 Å². The number of aromatic nitrogens is 1. The fourth-order valence-electron chi connectivity index (χ4n) is 1.24. The van der Waals surface area contributed by atoms with Gasteiger partial charge in [0.05, 0.1) is 7.11 Å². The number of pyridine rings is 1. The zero-order valence-electron chi connectivity index (χ0n) is 8.66. The zero-order valence-corrected chi connectivity index (χ0v) is 9.41. The van der Waals surface area contributed by atoms with Crippen molar-refractivity contribution in [1.29, 1.82) is 0 Å². The Kier molecular flexibility index (Phi) is 4.05. The molecule has 4 nitrogen and oxygen atoms in total. The summed E-state index contributed by atoms with van der Waals surface area (Å²) in [6.07, 6.45) is 2.03. The number of nitrogens with zero attached hydrogens (tertiary/aromatic N) is 1. The molecule has 0 aliphatic rings. The molecule has 5 heteroatoms. The van der Waals surface area contributed by atoms with Crippen LogP contribution < -0.4 is 5.73 Å². The summed E-state index contributed by atoms with van der Waals surface area (Å²) in [5, 5.41) is 0.433. The fraction of sp³-hybridized carbons (Fsp3) is 0.400. The average molecular weight is 229 g/mol. The first-order valence-corrected chi connectivity index (χ1v) is 4.87. The molecular weight excluding hydrogens is 216 g/mol. The normalized spacial score (nSPS) is 12.3. The molecule has 15 heavy (non-hydrogen) atoms. The fourth-order valence-corrected chi connectivity index (χ4v) is 1.45. The predicted octanol–water partition coefficient (Wildman–Crippen LogP) is 1.09. The third-order valence-corrected chi connectivity index (χ3v) is 2.34. The summed E-state index contributed by atoms with van der Waals surface area (Å²) in [5.74, 6) is -0.427. The molecule has 0 aliphatic carbocycles. The van der Waals surface area contributed by atoms with Crippen LogP contribution >= 0.6 is 11.6 Å². The van der Waals surface area contributed by atoms with Gasteiger partial charge in [-0.3, -0.25) is 4.79 Å². The van der Waals surface area contributed by atoms with Crippen molar-refractivity contribution in [2.45, 2.75) is 19.4 Å². The highest BCUT2D eigenvalue weighted by Crippen LogP contribution is 2.13. The summed E-state index contributed by atoms with van der Waals surface area (Å²) in [6.45, 7) is 1.90. The van der Waals surface area contributed by atoms with Crippen LogP contribution in [0.2, 0.25) is 5.15 Å². The van der Waals surface area contributed by atoms with Crippen molar-refractivity contribution in [2.24, 2.45) is 5.73 Å². The van der Waals surface area contributed by atoms with E-state index < -0.39 is 12.0 Å². The molecular formula is C10H13ClN2O2. The van der Waals surface area contributed by atoms with E-state index >= 15 is 0 Å². The van der Waals surface area contributed by atoms with E-state index in [1.165, 1.54) is 7.11 Å². The average Bonchev–Trinajstić information content (AvgIpc) is 2.20. The van der Waals surface area contributed by atoms with E-state index in [0.717, 1.165) is 11.1 Å². The minimum Gasteiger partial charge on any atom is -0.468 e. The van der Waals surface area contributed by atoms with Gasteiger partial charge >= 0.3 is 5.97 Å². The van der Waals surface area contributed by atoms with Crippen LogP contribution in [-0.4, -0.2) is 24.1 Å². The van der Waals surface area contributed by atoms with Crippen LogP contribution in [0, 0.1) is 6.92 Å². The molecule has 0 fully saturated rings. The Balaban J connectivity index is 2.76. The molecule has 0 spiro atoms. The lowest BCUT2D eigenvalue weighted by atomic mass is 10.0. The second-order valence-corrected chi connectivity index (χ2v) is 3.65. The molecule has 1 aromatic heterocycles. The highest BCUT2D eigenvalue weighted by molar-refractivity contribution is 6.29. The maximum absolute atomic E-state index is 11.1. The summed E-state index contributed by atoms with van der Waals surface area (Å²) in [6, 6.07) is 1.08. The van der Waals surface area contributed by atoms with E-state index in [0.29, 0.717) is 11.6 Å². The van der Waals surface area contributed by atoms with Crippen molar-refractivity contribution in [2.75, 3.05) is 7.11 Å². The van der Waals surface area contributed by atoms with Crippen molar-refractivity contribution < 1.29 is 9.53 Å². The number of halogens is 1. The number of esters is 1. The highest BCUT2D eigenvalue weighted by Gasteiger charge is 2.15. The lowest BCUT2D eigenvalue weighted by Gasteiger charge is -2.10. The van der Waals surface area contributed by atoms with Crippen molar-refractivity contribution in [3.05, 3.63) is 28.5 Å². The topological polar surface area (TPSA) is 65.2 Å². The van der Waals surface area contributed by atoms with Crippen molar-refractivity contribution >= 4 is 17.6 Å². The van der Waals surface area contributed by atoms with Gasteiger partial charge in [0.2, 0.25) is 0 Å². The van der Waals surface area contributed by atoms with Gasteiger partial charge in [-0.25, -0.2) is 4.98 Å². The number of methoxy groups -OCH3 is 1. The van der Waals surface area contributed by atoms with E-state index in [4.69, 9.17) is 17.3 Å². The van der Waals surface area contributed by atoms with E-state index in [-0.39, 0.29) is 0 Å². The standard InChI is InChI=1S/C10H13ClN2O2/c1-6-3-9(11)13-5-7(6)4-8(12)10(14)15-2/h3,5,8H,4,12H2,1-2H3/t8-/m1/s1. The molecule has 0 amide bonds. The van der Waals surface area contributed by atoms with Crippen LogP contribution in [0.1, 0.15) is 11.1 Å². The van der Waals surface area contributed by atoms with Crippen LogP contribution in [0.3, 0.4) is 0 Å². The Morgan fingerprint density at radius 1 is 1.73 bits per heavy atom. The molecule has 1 rings (SSSR count). The number of hydrogen-bond acceptors (Lipinski definition) is 4. The van der Waals surface area contributed by atoms with Gasteiger partial charge in [-0.05, 0) is 24.1 Å². The number of ether oxygens (including phenoxy) is 1. The first kappa shape index (κ1) is 11.9. The van der Waals surface area contributed by atoms with E-state index in [1.807, 2.05) is 6.92 Å². The minimum absolute atomic E-state index is 0.405. The lowest BCUT2D eigenvalue weighted by molar-refractivity contribution is -0.142. The molecule has 82 valence electrons. The quantitative estimate of drug-likeness (QED) is 0.621. The van der Waals surface area contributed by atoms with Gasteiger partial charge in [0, 0.05) is 12.6 Å². The molecule has 0 aromatic carbocycles. The lowest BCUT2D eigenvalue weighted by Crippen LogP contribution is -2.33. The van der Waals surface area contributed by atoms with Gasteiger partial charge < -0.3 is 10.5 Å². The van der Waals surface area contributed by atoms with Crippen LogP contribution in [-0.2, 0) is 16.0 Å². The smallest absolute Gasteiger partial charge is 0.322 e. The maximum atomic E-state index is 11.1. The summed E-state index contributed by atoms with van der Waals surface area (Å²) in [7, 11) is 1.31. The largest absolute Gasteiger partial charge is 0.468 e. The Morgan fingerprint density at radius 3 is 2.93 bits per heavy atom. The van der Waals surface area contributed by atoms with Crippen LogP contribution in [0.25, 0.3) is 0 Å². The summed E-state index contributed by atoms with van der Waals surface area (Å²) < 4.78 is 4.54. The first-order chi connectivity index (χ1) is 7.04. The molecule has 0 radical (unpaired) electrons. The molecule has 1 heterocycles. The minimum atomic E-state index is -0.656.